The predicted molar refractivity (Wildman–Crippen MR) is 90.3 cm³/mol. The van der Waals surface area contributed by atoms with Crippen molar-refractivity contribution in [1.82, 2.24) is 4.98 Å². The van der Waals surface area contributed by atoms with Crippen LogP contribution in [0.3, 0.4) is 0 Å². The van der Waals surface area contributed by atoms with E-state index in [1.807, 2.05) is 24.3 Å². The summed E-state index contributed by atoms with van der Waals surface area (Å²) in [5.74, 6) is 0.388. The topological polar surface area (TPSA) is 62.4 Å². The van der Waals surface area contributed by atoms with Gasteiger partial charge in [-0.05, 0) is 18.2 Å². The van der Waals surface area contributed by atoms with Crippen molar-refractivity contribution in [2.75, 3.05) is 19.1 Å². The summed E-state index contributed by atoms with van der Waals surface area (Å²) in [5.41, 5.74) is 0.890. The third-order valence-electron chi connectivity index (χ3n) is 3.79. The van der Waals surface area contributed by atoms with Crippen LogP contribution in [0, 0.1) is 0 Å². The first kappa shape index (κ1) is 14.8. The third-order valence-corrected chi connectivity index (χ3v) is 3.79. The molecule has 0 unspecified atom stereocenters. The minimum Gasteiger partial charge on any atom is -0.495 e. The highest BCUT2D eigenvalue weighted by molar-refractivity contribution is 6.13. The number of hydrogen-bond donors (Lipinski definition) is 1. The summed E-state index contributed by atoms with van der Waals surface area (Å²) >= 11 is 0. The van der Waals surface area contributed by atoms with Crippen LogP contribution in [0.5, 0.6) is 5.75 Å². The van der Waals surface area contributed by atoms with Crippen LogP contribution >= 0.6 is 0 Å². The highest BCUT2D eigenvalue weighted by atomic mass is 16.5. The Morgan fingerprint density at radius 2 is 1.70 bits per heavy atom. The van der Waals surface area contributed by atoms with Crippen LogP contribution < -0.4 is 15.2 Å². The summed E-state index contributed by atoms with van der Waals surface area (Å²) in [7, 11) is 3.24. The zero-order chi connectivity index (χ0) is 16.4. The van der Waals surface area contributed by atoms with E-state index in [4.69, 9.17) is 4.74 Å². The van der Waals surface area contributed by atoms with Gasteiger partial charge in [0.2, 0.25) is 0 Å². The van der Waals surface area contributed by atoms with Gasteiger partial charge in [-0.15, -0.1) is 0 Å². The smallest absolute Gasteiger partial charge is 0.260 e. The van der Waals surface area contributed by atoms with Gasteiger partial charge in [-0.2, -0.15) is 0 Å². The number of pyridine rings is 1. The Morgan fingerprint density at radius 1 is 1.04 bits per heavy atom. The first-order valence-electron chi connectivity index (χ1n) is 7.15. The molecule has 2 aromatic carbocycles. The van der Waals surface area contributed by atoms with Gasteiger partial charge in [0.05, 0.1) is 18.4 Å². The monoisotopic (exact) mass is 308 g/mol. The maximum Gasteiger partial charge on any atom is 0.260 e. The molecule has 0 fully saturated rings. The SMILES string of the molecule is COc1ccccc1N(C)C(=O)c1c[nH]c(=O)c2ccccc12. The molecule has 0 saturated heterocycles. The zero-order valence-electron chi connectivity index (χ0n) is 12.9. The number of para-hydroxylation sites is 2. The Bertz CT molecular complexity index is 931. The molecule has 5 heteroatoms. The average Bonchev–Trinajstić information content (AvgIpc) is 2.61. The average molecular weight is 308 g/mol. The molecule has 1 aromatic heterocycles. The van der Waals surface area contributed by atoms with Gasteiger partial charge >= 0.3 is 0 Å². The number of nitrogens with one attached hydrogen (secondary N) is 1. The van der Waals surface area contributed by atoms with Crippen molar-refractivity contribution in [1.29, 1.82) is 0 Å². The molecule has 1 heterocycles. The van der Waals surface area contributed by atoms with Crippen molar-refractivity contribution in [3.8, 4) is 5.75 Å². The molecule has 5 nitrogen and oxygen atoms in total. The van der Waals surface area contributed by atoms with E-state index in [-0.39, 0.29) is 11.5 Å². The number of fused-ring (bicyclic) bond motifs is 1. The number of ether oxygens (including phenoxy) is 1. The standard InChI is InChI=1S/C18H16N2O3/c1-20(15-9-5-6-10-16(15)23-2)18(22)14-11-19-17(21)13-8-4-3-7-12(13)14/h3-11H,1-2H3,(H,19,21). The summed E-state index contributed by atoms with van der Waals surface area (Å²) < 4.78 is 5.31. The van der Waals surface area contributed by atoms with E-state index in [0.717, 1.165) is 0 Å². The number of H-pyrrole nitrogens is 1. The lowest BCUT2D eigenvalue weighted by Gasteiger charge is -2.20. The van der Waals surface area contributed by atoms with Gasteiger partial charge in [0.25, 0.3) is 11.5 Å². The predicted octanol–water partition coefficient (Wildman–Crippen LogP) is 2.81. The number of nitrogens with zero attached hydrogens (tertiary/aromatic N) is 1. The van der Waals surface area contributed by atoms with Gasteiger partial charge in [-0.1, -0.05) is 30.3 Å². The Balaban J connectivity index is 2.11. The van der Waals surface area contributed by atoms with Crippen molar-refractivity contribution in [2.24, 2.45) is 0 Å². The van der Waals surface area contributed by atoms with Crippen molar-refractivity contribution in [3.05, 3.63) is 70.6 Å². The maximum absolute atomic E-state index is 12.9. The number of methoxy groups -OCH3 is 1. The molecule has 3 aromatic rings. The molecular formula is C18H16N2O3. The van der Waals surface area contributed by atoms with Crippen LogP contribution in [0.1, 0.15) is 10.4 Å². The van der Waals surface area contributed by atoms with Crippen LogP contribution in [-0.4, -0.2) is 25.0 Å². The van der Waals surface area contributed by atoms with Gasteiger partial charge in [0.1, 0.15) is 5.75 Å². The fourth-order valence-electron chi connectivity index (χ4n) is 2.58. The van der Waals surface area contributed by atoms with Crippen LogP contribution in [0.4, 0.5) is 5.69 Å². The van der Waals surface area contributed by atoms with Crippen molar-refractivity contribution in [2.45, 2.75) is 0 Å². The van der Waals surface area contributed by atoms with E-state index in [0.29, 0.717) is 27.8 Å². The summed E-state index contributed by atoms with van der Waals surface area (Å²) in [6.45, 7) is 0. The molecule has 0 aliphatic carbocycles. The summed E-state index contributed by atoms with van der Waals surface area (Å²) in [4.78, 5) is 28.9. The van der Waals surface area contributed by atoms with Gasteiger partial charge < -0.3 is 14.6 Å². The van der Waals surface area contributed by atoms with Crippen molar-refractivity contribution in [3.63, 3.8) is 0 Å². The Hall–Kier alpha value is -3.08. The van der Waals surface area contributed by atoms with Crippen molar-refractivity contribution >= 4 is 22.4 Å². The van der Waals surface area contributed by atoms with Gasteiger partial charge in [-0.3, -0.25) is 9.59 Å². The number of aromatic nitrogens is 1. The lowest BCUT2D eigenvalue weighted by molar-refractivity contribution is 0.0993. The van der Waals surface area contributed by atoms with Crippen LogP contribution in [-0.2, 0) is 0 Å². The second-order valence-electron chi connectivity index (χ2n) is 5.11. The number of hydrogen-bond acceptors (Lipinski definition) is 3. The highest BCUT2D eigenvalue weighted by Gasteiger charge is 2.19. The Morgan fingerprint density at radius 3 is 2.43 bits per heavy atom. The first-order chi connectivity index (χ1) is 11.1. The third kappa shape index (κ3) is 2.57. The summed E-state index contributed by atoms with van der Waals surface area (Å²) in [6.07, 6.45) is 1.46. The Kier molecular flexibility index (Phi) is 3.85. The first-order valence-corrected chi connectivity index (χ1v) is 7.15. The summed E-state index contributed by atoms with van der Waals surface area (Å²) in [6, 6.07) is 14.3. The lowest BCUT2D eigenvalue weighted by Crippen LogP contribution is -2.27. The number of rotatable bonds is 3. The molecule has 3 rings (SSSR count). The molecule has 1 N–H and O–H groups in total. The molecule has 0 bridgehead atoms. The minimum absolute atomic E-state index is 0.211. The number of benzene rings is 2. The van der Waals surface area contributed by atoms with Crippen LogP contribution in [0.2, 0.25) is 0 Å². The van der Waals surface area contributed by atoms with Gasteiger partial charge in [0.15, 0.2) is 0 Å². The maximum atomic E-state index is 12.9. The molecule has 23 heavy (non-hydrogen) atoms. The normalized spacial score (nSPS) is 10.5. The second kappa shape index (κ2) is 5.96. The van der Waals surface area contributed by atoms with Gasteiger partial charge in [-0.25, -0.2) is 0 Å². The number of carbonyl (C=O) groups excluding carboxylic acids is 1. The highest BCUT2D eigenvalue weighted by Crippen LogP contribution is 2.28. The van der Waals surface area contributed by atoms with E-state index in [2.05, 4.69) is 4.98 Å². The summed E-state index contributed by atoms with van der Waals surface area (Å²) in [5, 5.41) is 1.12. The van der Waals surface area contributed by atoms with E-state index >= 15 is 0 Å². The van der Waals surface area contributed by atoms with E-state index in [1.54, 1.807) is 38.4 Å². The number of carbonyl (C=O) groups is 1. The van der Waals surface area contributed by atoms with Crippen molar-refractivity contribution < 1.29 is 9.53 Å². The lowest BCUT2D eigenvalue weighted by atomic mass is 10.1. The number of amides is 1. The minimum atomic E-state index is -0.220. The molecule has 1 amide bonds. The quantitative estimate of drug-likeness (QED) is 0.809. The molecule has 0 aliphatic rings. The number of anilines is 1. The Labute approximate surface area is 133 Å². The molecule has 0 aliphatic heterocycles. The zero-order valence-corrected chi connectivity index (χ0v) is 12.9. The molecular weight excluding hydrogens is 292 g/mol. The van der Waals surface area contributed by atoms with Gasteiger partial charge in [0, 0.05) is 24.0 Å². The van der Waals surface area contributed by atoms with Crippen LogP contribution in [0.25, 0.3) is 10.8 Å². The van der Waals surface area contributed by atoms with E-state index in [1.165, 1.54) is 11.1 Å². The molecule has 0 radical (unpaired) electrons. The van der Waals surface area contributed by atoms with E-state index < -0.39 is 0 Å². The molecule has 116 valence electrons. The second-order valence-corrected chi connectivity index (χ2v) is 5.11. The van der Waals surface area contributed by atoms with Crippen LogP contribution in [0.15, 0.2) is 59.5 Å². The molecule has 0 spiro atoms. The number of aromatic amines is 1. The fraction of sp³-hybridized carbons (Fsp3) is 0.111. The van der Waals surface area contributed by atoms with E-state index in [9.17, 15) is 9.59 Å². The molecule has 0 saturated carbocycles. The largest absolute Gasteiger partial charge is 0.495 e. The molecule has 0 atom stereocenters. The fourth-order valence-corrected chi connectivity index (χ4v) is 2.58.